The molecule has 17 heavy (non-hydrogen) atoms. The van der Waals surface area contributed by atoms with Gasteiger partial charge in [0.25, 0.3) is 0 Å². The molecule has 90 valence electrons. The Kier molecular flexibility index (Phi) is 4.10. The summed E-state index contributed by atoms with van der Waals surface area (Å²) in [4.78, 5) is 0.558. The fourth-order valence-corrected chi connectivity index (χ4v) is 3.30. The molecule has 1 N–H and O–H groups in total. The SMILES string of the molecule is OC(c1cc(Br)c(Cl)s1)c1cc(Cl)ccc1F. The van der Waals surface area contributed by atoms with E-state index in [2.05, 4.69) is 15.9 Å². The summed E-state index contributed by atoms with van der Waals surface area (Å²) >= 11 is 16.1. The number of rotatable bonds is 2. The standard InChI is InChI=1S/C11H6BrCl2FOS/c12-7-4-9(17-11(7)14)10(16)6-3-5(13)1-2-8(6)15/h1-4,10,16H. The topological polar surface area (TPSA) is 20.2 Å². The van der Waals surface area contributed by atoms with Crippen molar-refractivity contribution in [2.24, 2.45) is 0 Å². The first-order valence-electron chi connectivity index (χ1n) is 4.57. The van der Waals surface area contributed by atoms with Crippen LogP contribution in [0.25, 0.3) is 0 Å². The van der Waals surface area contributed by atoms with E-state index in [-0.39, 0.29) is 5.56 Å². The van der Waals surface area contributed by atoms with Gasteiger partial charge in [-0.3, -0.25) is 0 Å². The molecule has 6 heteroatoms. The number of hydrogen-bond acceptors (Lipinski definition) is 2. The quantitative estimate of drug-likeness (QED) is 0.800. The molecule has 0 amide bonds. The maximum Gasteiger partial charge on any atom is 0.129 e. The first-order valence-corrected chi connectivity index (χ1v) is 6.93. The van der Waals surface area contributed by atoms with Gasteiger partial charge in [-0.2, -0.15) is 0 Å². The maximum atomic E-state index is 13.6. The molecule has 2 aromatic rings. The van der Waals surface area contributed by atoms with Gasteiger partial charge in [-0.15, -0.1) is 11.3 Å². The smallest absolute Gasteiger partial charge is 0.129 e. The van der Waals surface area contributed by atoms with Crippen LogP contribution >= 0.6 is 50.5 Å². The molecule has 2 rings (SSSR count). The molecule has 1 aromatic heterocycles. The van der Waals surface area contributed by atoms with Gasteiger partial charge < -0.3 is 5.11 Å². The summed E-state index contributed by atoms with van der Waals surface area (Å²) < 4.78 is 14.8. The Morgan fingerprint density at radius 1 is 1.29 bits per heavy atom. The summed E-state index contributed by atoms with van der Waals surface area (Å²) in [6, 6.07) is 5.73. The van der Waals surface area contributed by atoms with Crippen LogP contribution in [0.1, 0.15) is 16.5 Å². The molecular weight excluding hydrogens is 350 g/mol. The van der Waals surface area contributed by atoms with E-state index in [9.17, 15) is 9.50 Å². The third-order valence-electron chi connectivity index (χ3n) is 2.19. The predicted octanol–water partition coefficient (Wildman–Crippen LogP) is 5.04. The van der Waals surface area contributed by atoms with Crippen molar-refractivity contribution in [1.82, 2.24) is 0 Å². The molecule has 0 bridgehead atoms. The molecule has 0 aliphatic carbocycles. The average molecular weight is 356 g/mol. The van der Waals surface area contributed by atoms with Gasteiger partial charge in [0.05, 0.1) is 0 Å². The highest BCUT2D eigenvalue weighted by molar-refractivity contribution is 9.10. The first kappa shape index (κ1) is 13.3. The van der Waals surface area contributed by atoms with Gasteiger partial charge in [-0.05, 0) is 40.2 Å². The van der Waals surface area contributed by atoms with Crippen LogP contribution in [0.3, 0.4) is 0 Å². The van der Waals surface area contributed by atoms with Crippen LogP contribution in [-0.4, -0.2) is 5.11 Å². The van der Waals surface area contributed by atoms with Crippen molar-refractivity contribution in [3.63, 3.8) is 0 Å². The fourth-order valence-electron chi connectivity index (χ4n) is 1.38. The van der Waals surface area contributed by atoms with Gasteiger partial charge in [-0.1, -0.05) is 23.2 Å². The molecule has 1 heterocycles. The number of halogens is 4. The largest absolute Gasteiger partial charge is 0.383 e. The molecule has 1 unspecified atom stereocenters. The van der Waals surface area contributed by atoms with Gasteiger partial charge in [-0.25, -0.2) is 4.39 Å². The van der Waals surface area contributed by atoms with Gasteiger partial charge in [0.1, 0.15) is 16.3 Å². The minimum Gasteiger partial charge on any atom is -0.383 e. The van der Waals surface area contributed by atoms with E-state index in [0.29, 0.717) is 18.7 Å². The van der Waals surface area contributed by atoms with Crippen LogP contribution in [0.4, 0.5) is 4.39 Å². The lowest BCUT2D eigenvalue weighted by atomic mass is 10.1. The van der Waals surface area contributed by atoms with Gasteiger partial charge >= 0.3 is 0 Å². The van der Waals surface area contributed by atoms with Crippen molar-refractivity contribution >= 4 is 50.5 Å². The Morgan fingerprint density at radius 2 is 2.00 bits per heavy atom. The zero-order valence-corrected chi connectivity index (χ0v) is 12.2. The summed E-state index contributed by atoms with van der Waals surface area (Å²) in [6.45, 7) is 0. The third kappa shape index (κ3) is 2.83. The zero-order chi connectivity index (χ0) is 12.6. The van der Waals surface area contributed by atoms with Gasteiger partial charge in [0, 0.05) is 19.9 Å². The van der Waals surface area contributed by atoms with E-state index < -0.39 is 11.9 Å². The van der Waals surface area contributed by atoms with E-state index >= 15 is 0 Å². The van der Waals surface area contributed by atoms with Crippen molar-refractivity contribution in [3.05, 3.63) is 54.4 Å². The van der Waals surface area contributed by atoms with E-state index in [1.165, 1.54) is 29.5 Å². The second kappa shape index (κ2) is 5.24. The summed E-state index contributed by atoms with van der Waals surface area (Å²) in [5, 5.41) is 10.4. The summed E-state index contributed by atoms with van der Waals surface area (Å²) in [7, 11) is 0. The Labute approximate surface area is 120 Å². The minimum absolute atomic E-state index is 0.142. The van der Waals surface area contributed by atoms with Crippen LogP contribution in [0.5, 0.6) is 0 Å². The van der Waals surface area contributed by atoms with Crippen molar-refractivity contribution in [2.75, 3.05) is 0 Å². The Morgan fingerprint density at radius 3 is 2.59 bits per heavy atom. The van der Waals surface area contributed by atoms with Crippen molar-refractivity contribution in [2.45, 2.75) is 6.10 Å². The van der Waals surface area contributed by atoms with Gasteiger partial charge in [0.2, 0.25) is 0 Å². The molecule has 1 atom stereocenters. The highest BCUT2D eigenvalue weighted by atomic mass is 79.9. The van der Waals surface area contributed by atoms with E-state index in [1.54, 1.807) is 6.07 Å². The van der Waals surface area contributed by atoms with Crippen molar-refractivity contribution < 1.29 is 9.50 Å². The molecule has 0 spiro atoms. The molecule has 0 saturated heterocycles. The monoisotopic (exact) mass is 354 g/mol. The van der Waals surface area contributed by atoms with Crippen molar-refractivity contribution in [1.29, 1.82) is 0 Å². The Balaban J connectivity index is 2.42. The van der Waals surface area contributed by atoms with Gasteiger partial charge in [0.15, 0.2) is 0 Å². The number of benzene rings is 1. The minimum atomic E-state index is -1.07. The number of aliphatic hydroxyl groups is 1. The van der Waals surface area contributed by atoms with Crippen LogP contribution < -0.4 is 0 Å². The molecule has 0 aliphatic rings. The Hall–Kier alpha value is -0.130. The molecular formula is C11H6BrCl2FOS. The summed E-state index contributed by atoms with van der Waals surface area (Å²) in [6.07, 6.45) is -1.07. The lowest BCUT2D eigenvalue weighted by Gasteiger charge is -2.10. The number of hydrogen-bond donors (Lipinski definition) is 1. The molecule has 0 aliphatic heterocycles. The highest BCUT2D eigenvalue weighted by Crippen LogP contribution is 2.38. The van der Waals surface area contributed by atoms with Crippen LogP contribution in [0.15, 0.2) is 28.7 Å². The molecule has 0 radical (unpaired) electrons. The van der Waals surface area contributed by atoms with Crippen LogP contribution in [0, 0.1) is 5.82 Å². The third-order valence-corrected chi connectivity index (χ3v) is 4.95. The lowest BCUT2D eigenvalue weighted by Crippen LogP contribution is -2.00. The second-order valence-electron chi connectivity index (χ2n) is 3.34. The highest BCUT2D eigenvalue weighted by Gasteiger charge is 2.18. The molecule has 1 nitrogen and oxygen atoms in total. The second-order valence-corrected chi connectivity index (χ2v) is 6.32. The lowest BCUT2D eigenvalue weighted by molar-refractivity contribution is 0.218. The van der Waals surface area contributed by atoms with E-state index in [1.807, 2.05) is 0 Å². The predicted molar refractivity (Wildman–Crippen MR) is 72.5 cm³/mol. The van der Waals surface area contributed by atoms with Crippen LogP contribution in [0.2, 0.25) is 9.36 Å². The Bertz CT molecular complexity index is 539. The normalized spacial score (nSPS) is 12.8. The molecule has 0 saturated carbocycles. The van der Waals surface area contributed by atoms with Crippen molar-refractivity contribution in [3.8, 4) is 0 Å². The molecule has 0 fully saturated rings. The zero-order valence-electron chi connectivity index (χ0n) is 8.25. The number of thiophene rings is 1. The fraction of sp³-hybridized carbons (Fsp3) is 0.0909. The number of aliphatic hydroxyl groups excluding tert-OH is 1. The average Bonchev–Trinajstić information content (AvgIpc) is 2.62. The molecule has 1 aromatic carbocycles. The van der Waals surface area contributed by atoms with E-state index in [0.717, 1.165) is 0 Å². The maximum absolute atomic E-state index is 13.6. The van der Waals surface area contributed by atoms with Crippen LogP contribution in [-0.2, 0) is 0 Å². The summed E-state index contributed by atoms with van der Waals surface area (Å²) in [5.74, 6) is -0.498. The van der Waals surface area contributed by atoms with E-state index in [4.69, 9.17) is 23.2 Å². The first-order chi connectivity index (χ1) is 7.99. The summed E-state index contributed by atoms with van der Waals surface area (Å²) in [5.41, 5.74) is 0.142.